The van der Waals surface area contributed by atoms with Crippen molar-refractivity contribution < 1.29 is 14.3 Å². The molecule has 0 saturated heterocycles. The Morgan fingerprint density at radius 3 is 2.46 bits per heavy atom. The van der Waals surface area contributed by atoms with Gasteiger partial charge in [0, 0.05) is 12.5 Å². The molecule has 1 N–H and O–H groups in total. The number of para-hydroxylation sites is 2. The number of hydrogen-bond donors (Lipinski definition) is 1. The highest BCUT2D eigenvalue weighted by molar-refractivity contribution is 5.98. The summed E-state index contributed by atoms with van der Waals surface area (Å²) in [5.41, 5.74) is 1.80. The minimum Gasteiger partial charge on any atom is -0.477 e. The highest BCUT2D eigenvalue weighted by Gasteiger charge is 2.36. The number of carbonyl (C=O) groups excluding carboxylic acids is 2. The first kappa shape index (κ1) is 18.5. The van der Waals surface area contributed by atoms with E-state index in [0.717, 1.165) is 36.9 Å². The Labute approximate surface area is 165 Å². The fourth-order valence-electron chi connectivity index (χ4n) is 4.05. The number of amides is 2. The molecule has 0 spiro atoms. The molecule has 1 saturated carbocycles. The van der Waals surface area contributed by atoms with Gasteiger partial charge < -0.3 is 15.0 Å². The number of rotatable bonds is 4. The van der Waals surface area contributed by atoms with E-state index >= 15 is 0 Å². The minimum atomic E-state index is -0.703. The van der Waals surface area contributed by atoms with E-state index in [1.54, 1.807) is 4.90 Å². The molecular weight excluding hydrogens is 352 g/mol. The van der Waals surface area contributed by atoms with Crippen LogP contribution in [0.15, 0.2) is 54.6 Å². The van der Waals surface area contributed by atoms with Crippen LogP contribution in [0.4, 0.5) is 5.69 Å². The van der Waals surface area contributed by atoms with Crippen molar-refractivity contribution in [3.05, 3.63) is 60.2 Å². The second-order valence-electron chi connectivity index (χ2n) is 7.56. The maximum absolute atomic E-state index is 13.2. The van der Waals surface area contributed by atoms with Crippen LogP contribution in [-0.2, 0) is 16.1 Å². The van der Waals surface area contributed by atoms with Crippen LogP contribution in [0.2, 0.25) is 0 Å². The largest absolute Gasteiger partial charge is 0.477 e. The molecular formula is C23H26N2O3. The normalized spacial score (nSPS) is 19.4. The highest BCUT2D eigenvalue weighted by Crippen LogP contribution is 2.36. The van der Waals surface area contributed by atoms with Crippen molar-refractivity contribution in [3.8, 4) is 5.75 Å². The average Bonchev–Trinajstić information content (AvgIpc) is 2.77. The van der Waals surface area contributed by atoms with Crippen molar-refractivity contribution in [2.24, 2.45) is 5.92 Å². The Kier molecular flexibility index (Phi) is 5.60. The van der Waals surface area contributed by atoms with E-state index in [1.807, 2.05) is 54.6 Å². The number of ether oxygens (including phenoxy) is 1. The standard InChI is InChI=1S/C23H26N2O3/c26-22(24-15-17-9-3-1-4-10-17)21-16-25(19-13-7-8-14-20(19)28-21)23(27)18-11-5-2-6-12-18/h1,3-4,7-10,13-14,18,21H,2,5-6,11-12,15-16H2,(H,24,26)/t21-/m0/s1. The van der Waals surface area contributed by atoms with Gasteiger partial charge in [0.15, 0.2) is 6.10 Å². The second-order valence-corrected chi connectivity index (χ2v) is 7.56. The van der Waals surface area contributed by atoms with Crippen LogP contribution in [0.1, 0.15) is 37.7 Å². The maximum Gasteiger partial charge on any atom is 0.263 e. The van der Waals surface area contributed by atoms with Gasteiger partial charge in [-0.1, -0.05) is 61.7 Å². The van der Waals surface area contributed by atoms with Crippen LogP contribution in [0.3, 0.4) is 0 Å². The molecule has 1 fully saturated rings. The van der Waals surface area contributed by atoms with Gasteiger partial charge in [-0.25, -0.2) is 0 Å². The van der Waals surface area contributed by atoms with Crippen molar-refractivity contribution in [1.82, 2.24) is 5.32 Å². The first-order valence-electron chi connectivity index (χ1n) is 10.1. The molecule has 1 atom stereocenters. The van der Waals surface area contributed by atoms with Crippen LogP contribution >= 0.6 is 0 Å². The fourth-order valence-corrected chi connectivity index (χ4v) is 4.05. The lowest BCUT2D eigenvalue weighted by Crippen LogP contribution is -2.52. The quantitative estimate of drug-likeness (QED) is 0.883. The summed E-state index contributed by atoms with van der Waals surface area (Å²) in [4.78, 5) is 27.7. The van der Waals surface area contributed by atoms with Gasteiger partial charge in [-0.3, -0.25) is 9.59 Å². The SMILES string of the molecule is O=C(NCc1ccccc1)[C@@H]1CN(C(=O)C2CCCCC2)c2ccccc2O1. The Balaban J connectivity index is 1.49. The lowest BCUT2D eigenvalue weighted by Gasteiger charge is -2.36. The van der Waals surface area contributed by atoms with Crippen LogP contribution in [0.25, 0.3) is 0 Å². The van der Waals surface area contributed by atoms with Crippen molar-refractivity contribution >= 4 is 17.5 Å². The maximum atomic E-state index is 13.2. The predicted octanol–water partition coefficient (Wildman–Crippen LogP) is 3.68. The Morgan fingerprint density at radius 2 is 1.68 bits per heavy atom. The van der Waals surface area contributed by atoms with Crippen LogP contribution in [0.5, 0.6) is 5.75 Å². The first-order chi connectivity index (χ1) is 13.7. The number of nitrogens with one attached hydrogen (secondary N) is 1. The Hall–Kier alpha value is -2.82. The zero-order chi connectivity index (χ0) is 19.3. The molecule has 2 aromatic carbocycles. The molecule has 0 bridgehead atoms. The third kappa shape index (κ3) is 4.03. The number of fused-ring (bicyclic) bond motifs is 1. The lowest BCUT2D eigenvalue weighted by atomic mass is 9.88. The molecule has 1 aliphatic heterocycles. The summed E-state index contributed by atoms with van der Waals surface area (Å²) in [6.07, 6.45) is 4.57. The highest BCUT2D eigenvalue weighted by atomic mass is 16.5. The van der Waals surface area contributed by atoms with Crippen LogP contribution < -0.4 is 15.0 Å². The van der Waals surface area contributed by atoms with Crippen LogP contribution in [0, 0.1) is 5.92 Å². The molecule has 1 heterocycles. The summed E-state index contributed by atoms with van der Waals surface area (Å²) in [5.74, 6) is 0.571. The zero-order valence-corrected chi connectivity index (χ0v) is 16.0. The molecule has 4 rings (SSSR count). The van der Waals surface area contributed by atoms with Crippen molar-refractivity contribution in [2.45, 2.75) is 44.8 Å². The average molecular weight is 378 g/mol. The first-order valence-corrected chi connectivity index (χ1v) is 10.1. The molecule has 28 heavy (non-hydrogen) atoms. The van der Waals surface area contributed by atoms with Crippen molar-refractivity contribution in [2.75, 3.05) is 11.4 Å². The summed E-state index contributed by atoms with van der Waals surface area (Å²) in [6.45, 7) is 0.699. The third-order valence-corrected chi connectivity index (χ3v) is 5.60. The molecule has 146 valence electrons. The van der Waals surface area contributed by atoms with Crippen molar-refractivity contribution in [3.63, 3.8) is 0 Å². The summed E-state index contributed by atoms with van der Waals surface area (Å²) < 4.78 is 5.94. The smallest absolute Gasteiger partial charge is 0.263 e. The number of nitrogens with zero attached hydrogens (tertiary/aromatic N) is 1. The zero-order valence-electron chi connectivity index (χ0n) is 16.0. The summed E-state index contributed by atoms with van der Waals surface area (Å²) in [7, 11) is 0. The van der Waals surface area contributed by atoms with E-state index in [2.05, 4.69) is 5.32 Å². The Morgan fingerprint density at radius 1 is 0.964 bits per heavy atom. The van der Waals surface area contributed by atoms with E-state index < -0.39 is 6.10 Å². The van der Waals surface area contributed by atoms with Crippen LogP contribution in [-0.4, -0.2) is 24.5 Å². The molecule has 2 aliphatic rings. The lowest BCUT2D eigenvalue weighted by molar-refractivity contribution is -0.129. The van der Waals surface area contributed by atoms with E-state index in [1.165, 1.54) is 6.42 Å². The number of benzene rings is 2. The second kappa shape index (κ2) is 8.46. The van der Waals surface area contributed by atoms with E-state index in [0.29, 0.717) is 12.3 Å². The van der Waals surface area contributed by atoms with Gasteiger partial charge in [-0.2, -0.15) is 0 Å². The van der Waals surface area contributed by atoms with Gasteiger partial charge in [0.1, 0.15) is 5.75 Å². The van der Waals surface area contributed by atoms with Gasteiger partial charge >= 0.3 is 0 Å². The van der Waals surface area contributed by atoms with Gasteiger partial charge in [0.2, 0.25) is 5.91 Å². The fraction of sp³-hybridized carbons (Fsp3) is 0.391. The number of anilines is 1. The topological polar surface area (TPSA) is 58.6 Å². The van der Waals surface area contributed by atoms with E-state index in [4.69, 9.17) is 4.74 Å². The minimum absolute atomic E-state index is 0.0490. The molecule has 2 aromatic rings. The monoisotopic (exact) mass is 378 g/mol. The molecule has 0 unspecified atom stereocenters. The van der Waals surface area contributed by atoms with E-state index in [9.17, 15) is 9.59 Å². The van der Waals surface area contributed by atoms with Gasteiger partial charge in [-0.05, 0) is 30.5 Å². The third-order valence-electron chi connectivity index (χ3n) is 5.60. The Bertz CT molecular complexity index is 831. The number of hydrogen-bond acceptors (Lipinski definition) is 3. The molecule has 2 amide bonds. The molecule has 0 radical (unpaired) electrons. The summed E-state index contributed by atoms with van der Waals surface area (Å²) in [5, 5.41) is 2.94. The number of carbonyl (C=O) groups is 2. The van der Waals surface area contributed by atoms with Gasteiger partial charge in [-0.15, -0.1) is 0 Å². The molecule has 5 nitrogen and oxygen atoms in total. The van der Waals surface area contributed by atoms with Gasteiger partial charge in [0.25, 0.3) is 5.91 Å². The predicted molar refractivity (Wildman–Crippen MR) is 108 cm³/mol. The molecule has 0 aromatic heterocycles. The summed E-state index contributed by atoms with van der Waals surface area (Å²) in [6, 6.07) is 17.3. The van der Waals surface area contributed by atoms with E-state index in [-0.39, 0.29) is 24.3 Å². The van der Waals surface area contributed by atoms with Crippen molar-refractivity contribution in [1.29, 1.82) is 0 Å². The molecule has 5 heteroatoms. The molecule has 1 aliphatic carbocycles. The summed E-state index contributed by atoms with van der Waals surface area (Å²) >= 11 is 0. The van der Waals surface area contributed by atoms with Gasteiger partial charge in [0.05, 0.1) is 12.2 Å².